The molecule has 0 unspecified atom stereocenters. The SMILES string of the molecule is Cc1cc2c(Br)c(c1)N(C)c1cccc(n1)N(C)c1cccc(n1)N(C)c1cccc(n1)N2C. The number of halogens is 1. The van der Waals surface area contributed by atoms with Gasteiger partial charge < -0.3 is 19.6 Å². The fraction of sp³-hybridized carbons (Fsp3) is 0.192. The summed E-state index contributed by atoms with van der Waals surface area (Å²) in [6, 6.07) is 22.4. The topological polar surface area (TPSA) is 51.6 Å². The smallest absolute Gasteiger partial charge is 0.136 e. The first-order valence-corrected chi connectivity index (χ1v) is 11.8. The van der Waals surface area contributed by atoms with Gasteiger partial charge in [0.1, 0.15) is 34.9 Å². The first-order chi connectivity index (χ1) is 16.3. The van der Waals surface area contributed by atoms with Gasteiger partial charge in [0.25, 0.3) is 0 Å². The van der Waals surface area contributed by atoms with E-state index < -0.39 is 0 Å². The normalized spacial score (nSPS) is 13.4. The summed E-state index contributed by atoms with van der Waals surface area (Å²) in [7, 11) is 8.03. The number of hydrogen-bond acceptors (Lipinski definition) is 7. The molecule has 0 saturated heterocycles. The van der Waals surface area contributed by atoms with Gasteiger partial charge in [0, 0.05) is 28.2 Å². The van der Waals surface area contributed by atoms with Crippen LogP contribution in [-0.4, -0.2) is 43.1 Å². The summed E-state index contributed by atoms with van der Waals surface area (Å²) >= 11 is 3.87. The van der Waals surface area contributed by atoms with Gasteiger partial charge in [-0.1, -0.05) is 18.2 Å². The van der Waals surface area contributed by atoms with Crippen LogP contribution in [0.5, 0.6) is 0 Å². The first-order valence-electron chi connectivity index (χ1n) is 11.0. The van der Waals surface area contributed by atoms with Gasteiger partial charge in [0.15, 0.2) is 0 Å². The van der Waals surface area contributed by atoms with Crippen LogP contribution in [0, 0.1) is 6.92 Å². The van der Waals surface area contributed by atoms with E-state index in [9.17, 15) is 0 Å². The van der Waals surface area contributed by atoms with Crippen molar-refractivity contribution in [1.82, 2.24) is 15.0 Å². The maximum absolute atomic E-state index is 4.95. The Labute approximate surface area is 208 Å². The largest absolute Gasteiger partial charge is 0.328 e. The molecule has 3 aromatic heterocycles. The van der Waals surface area contributed by atoms with Gasteiger partial charge in [0.05, 0.1) is 15.8 Å². The number of anilines is 8. The van der Waals surface area contributed by atoms with Gasteiger partial charge in [-0.05, 0) is 76.9 Å². The number of pyridine rings is 3. The van der Waals surface area contributed by atoms with Crippen LogP contribution < -0.4 is 19.6 Å². The zero-order valence-electron chi connectivity index (χ0n) is 19.9. The molecule has 0 fully saturated rings. The lowest BCUT2D eigenvalue weighted by atomic mass is 10.1. The number of hydrogen-bond donors (Lipinski definition) is 0. The first kappa shape index (κ1) is 22.2. The third-order valence-electron chi connectivity index (χ3n) is 6.12. The molecule has 4 heterocycles. The average Bonchev–Trinajstić information content (AvgIpc) is 2.87. The standard InChI is InChI=1S/C26H26BrN7/c1-17-15-18-26(27)19(16-17)32(3)21-10-7-12-23(29-21)34(5)25-14-8-13-24(30-25)33(4)22-11-6-9-20(28-22)31(18)2/h6-16H,1-5H3. The highest BCUT2D eigenvalue weighted by Crippen LogP contribution is 2.41. The molecule has 1 aromatic carbocycles. The minimum Gasteiger partial charge on any atom is -0.328 e. The number of aromatic nitrogens is 3. The van der Waals surface area contributed by atoms with Crippen molar-refractivity contribution in [1.29, 1.82) is 0 Å². The Kier molecular flexibility index (Phi) is 5.61. The fourth-order valence-corrected chi connectivity index (χ4v) is 4.82. The van der Waals surface area contributed by atoms with Crippen LogP contribution in [0.1, 0.15) is 5.56 Å². The Morgan fingerprint density at radius 3 is 1.15 bits per heavy atom. The van der Waals surface area contributed by atoms with Crippen molar-refractivity contribution in [2.45, 2.75) is 6.92 Å². The van der Waals surface area contributed by atoms with Gasteiger partial charge in [-0.25, -0.2) is 15.0 Å². The van der Waals surface area contributed by atoms with E-state index in [2.05, 4.69) is 44.8 Å². The summed E-state index contributed by atoms with van der Waals surface area (Å²) in [6.45, 7) is 2.10. The van der Waals surface area contributed by atoms with Crippen molar-refractivity contribution in [2.75, 3.05) is 47.8 Å². The molecule has 7 nitrogen and oxygen atoms in total. The van der Waals surface area contributed by atoms with Crippen LogP contribution in [-0.2, 0) is 0 Å². The zero-order chi connectivity index (χ0) is 24.0. The van der Waals surface area contributed by atoms with Crippen LogP contribution >= 0.6 is 15.9 Å². The molecular formula is C26H26BrN7. The highest BCUT2D eigenvalue weighted by atomic mass is 79.9. The highest BCUT2D eigenvalue weighted by Gasteiger charge is 2.20. The molecule has 0 N–H and O–H groups in total. The lowest BCUT2D eigenvalue weighted by Crippen LogP contribution is -2.20. The molecule has 4 aromatic rings. The van der Waals surface area contributed by atoms with E-state index in [1.165, 1.54) is 0 Å². The predicted molar refractivity (Wildman–Crippen MR) is 144 cm³/mol. The van der Waals surface area contributed by atoms with Crippen LogP contribution in [0.15, 0.2) is 71.2 Å². The van der Waals surface area contributed by atoms with Gasteiger partial charge in [-0.3, -0.25) is 0 Å². The quantitative estimate of drug-likeness (QED) is 0.271. The van der Waals surface area contributed by atoms with E-state index in [-0.39, 0.29) is 0 Å². The molecule has 0 spiro atoms. The minimum atomic E-state index is 0.802. The highest BCUT2D eigenvalue weighted by molar-refractivity contribution is 9.10. The molecule has 172 valence electrons. The Balaban J connectivity index is 1.77. The average molecular weight is 516 g/mol. The van der Waals surface area contributed by atoms with E-state index in [1.54, 1.807) is 0 Å². The maximum Gasteiger partial charge on any atom is 0.136 e. The molecule has 1 aliphatic heterocycles. The zero-order valence-corrected chi connectivity index (χ0v) is 21.4. The van der Waals surface area contributed by atoms with Crippen LogP contribution in [0.2, 0.25) is 0 Å². The van der Waals surface area contributed by atoms with Crippen molar-refractivity contribution in [3.63, 3.8) is 0 Å². The molecule has 5 rings (SSSR count). The third-order valence-corrected chi connectivity index (χ3v) is 6.93. The van der Waals surface area contributed by atoms with Gasteiger partial charge in [-0.2, -0.15) is 0 Å². The molecule has 1 aliphatic rings. The van der Waals surface area contributed by atoms with E-state index >= 15 is 0 Å². The monoisotopic (exact) mass is 515 g/mol. The van der Waals surface area contributed by atoms with Crippen molar-refractivity contribution in [3.05, 3.63) is 76.8 Å². The molecule has 0 amide bonds. The lowest BCUT2D eigenvalue weighted by molar-refractivity contribution is 1.01. The second-order valence-electron chi connectivity index (χ2n) is 8.42. The third kappa shape index (κ3) is 3.84. The van der Waals surface area contributed by atoms with Gasteiger partial charge >= 0.3 is 0 Å². The molecule has 8 heteroatoms. The summed E-state index contributed by atoms with van der Waals surface area (Å²) in [5.41, 5.74) is 3.19. The van der Waals surface area contributed by atoms with Gasteiger partial charge in [0.2, 0.25) is 0 Å². The molecule has 0 radical (unpaired) electrons. The maximum atomic E-state index is 4.95. The number of nitrogens with zero attached hydrogens (tertiary/aromatic N) is 7. The Hall–Kier alpha value is -3.65. The predicted octanol–water partition coefficient (Wildman–Crippen LogP) is 6.33. The summed E-state index contributed by atoms with van der Waals surface area (Å²) < 4.78 is 0.975. The molecule has 8 bridgehead atoms. The number of aryl methyl sites for hydroxylation is 1. The summed E-state index contributed by atoms with van der Waals surface area (Å²) in [4.78, 5) is 23.0. The molecule has 34 heavy (non-hydrogen) atoms. The van der Waals surface area contributed by atoms with Crippen molar-refractivity contribution >= 4 is 62.2 Å². The lowest BCUT2D eigenvalue weighted by Gasteiger charge is -2.28. The van der Waals surface area contributed by atoms with Crippen molar-refractivity contribution < 1.29 is 0 Å². The molecule has 0 aliphatic carbocycles. The second kappa shape index (κ2) is 8.61. The van der Waals surface area contributed by atoms with Crippen molar-refractivity contribution in [2.24, 2.45) is 0 Å². The van der Waals surface area contributed by atoms with E-state index in [4.69, 9.17) is 15.0 Å². The molecule has 0 atom stereocenters. The summed E-state index contributed by atoms with van der Waals surface area (Å²) in [5.74, 6) is 4.90. The van der Waals surface area contributed by atoms with E-state index in [0.29, 0.717) is 0 Å². The van der Waals surface area contributed by atoms with Crippen LogP contribution in [0.3, 0.4) is 0 Å². The van der Waals surface area contributed by atoms with Gasteiger partial charge in [-0.15, -0.1) is 0 Å². The van der Waals surface area contributed by atoms with Crippen LogP contribution in [0.25, 0.3) is 0 Å². The Bertz CT molecular complexity index is 1280. The second-order valence-corrected chi connectivity index (χ2v) is 9.21. The van der Waals surface area contributed by atoms with Crippen molar-refractivity contribution in [3.8, 4) is 0 Å². The Morgan fingerprint density at radius 2 is 0.824 bits per heavy atom. The number of fused-ring (bicyclic) bond motifs is 8. The molecule has 0 saturated carbocycles. The Morgan fingerprint density at radius 1 is 0.529 bits per heavy atom. The number of benzene rings is 1. The van der Waals surface area contributed by atoms with Crippen LogP contribution in [0.4, 0.5) is 46.3 Å². The minimum absolute atomic E-state index is 0.802. The summed E-state index contributed by atoms with van der Waals surface area (Å²) in [6.07, 6.45) is 0. The van der Waals surface area contributed by atoms with E-state index in [0.717, 1.165) is 56.3 Å². The summed E-state index contributed by atoms with van der Waals surface area (Å²) in [5, 5.41) is 0. The fourth-order valence-electron chi connectivity index (χ4n) is 4.06. The molecular weight excluding hydrogens is 490 g/mol. The number of rotatable bonds is 0. The van der Waals surface area contributed by atoms with E-state index in [1.807, 2.05) is 92.6 Å².